The fourth-order valence-electron chi connectivity index (χ4n) is 2.91. The van der Waals surface area contributed by atoms with E-state index in [9.17, 15) is 4.79 Å². The standard InChI is InChI=1S/C17H21N5O/c18-14-4-1-3-13(11-14)12-21-7-9-22(10-8-21)17-15(16(19)23)5-2-6-20-17/h1-6,11H,7-10,12,18H2,(H2,19,23). The summed E-state index contributed by atoms with van der Waals surface area (Å²) in [6.45, 7) is 4.33. The second-order valence-corrected chi connectivity index (χ2v) is 5.75. The molecule has 1 aromatic carbocycles. The van der Waals surface area contributed by atoms with Crippen LogP contribution in [0.4, 0.5) is 11.5 Å². The molecule has 2 aromatic rings. The summed E-state index contributed by atoms with van der Waals surface area (Å²) in [6.07, 6.45) is 1.70. The summed E-state index contributed by atoms with van der Waals surface area (Å²) in [5.41, 5.74) is 13.8. The van der Waals surface area contributed by atoms with Crippen LogP contribution in [-0.4, -0.2) is 42.0 Å². The van der Waals surface area contributed by atoms with Gasteiger partial charge in [0.05, 0.1) is 5.56 Å². The van der Waals surface area contributed by atoms with Gasteiger partial charge in [0, 0.05) is 44.6 Å². The average Bonchev–Trinajstić information content (AvgIpc) is 2.55. The number of pyridine rings is 1. The molecule has 6 nitrogen and oxygen atoms in total. The molecule has 3 rings (SSSR count). The Morgan fingerprint density at radius 3 is 2.61 bits per heavy atom. The number of aromatic nitrogens is 1. The van der Waals surface area contributed by atoms with Gasteiger partial charge in [-0.15, -0.1) is 0 Å². The van der Waals surface area contributed by atoms with E-state index in [-0.39, 0.29) is 0 Å². The normalized spacial score (nSPS) is 15.6. The van der Waals surface area contributed by atoms with Gasteiger partial charge in [-0.25, -0.2) is 4.98 Å². The highest BCUT2D eigenvalue weighted by Crippen LogP contribution is 2.19. The van der Waals surface area contributed by atoms with Crippen molar-refractivity contribution < 1.29 is 4.79 Å². The van der Waals surface area contributed by atoms with Crippen molar-refractivity contribution in [1.29, 1.82) is 0 Å². The van der Waals surface area contributed by atoms with Gasteiger partial charge in [-0.3, -0.25) is 9.69 Å². The fraction of sp³-hybridized carbons (Fsp3) is 0.294. The third-order valence-corrected chi connectivity index (χ3v) is 4.08. The number of nitrogens with two attached hydrogens (primary N) is 2. The maximum absolute atomic E-state index is 11.5. The van der Waals surface area contributed by atoms with Crippen molar-refractivity contribution in [3.8, 4) is 0 Å². The number of piperazine rings is 1. The number of benzene rings is 1. The summed E-state index contributed by atoms with van der Waals surface area (Å²) in [5, 5.41) is 0. The largest absolute Gasteiger partial charge is 0.399 e. The van der Waals surface area contributed by atoms with E-state index < -0.39 is 5.91 Å². The van der Waals surface area contributed by atoms with Gasteiger partial charge >= 0.3 is 0 Å². The average molecular weight is 311 g/mol. The second-order valence-electron chi connectivity index (χ2n) is 5.75. The van der Waals surface area contributed by atoms with Gasteiger partial charge in [0.15, 0.2) is 0 Å². The number of nitrogen functional groups attached to an aromatic ring is 1. The van der Waals surface area contributed by atoms with Crippen molar-refractivity contribution in [2.75, 3.05) is 36.8 Å². The first-order valence-corrected chi connectivity index (χ1v) is 7.70. The molecule has 0 saturated carbocycles. The van der Waals surface area contributed by atoms with Crippen LogP contribution in [0, 0.1) is 0 Å². The number of primary amides is 1. The molecular formula is C17H21N5O. The van der Waals surface area contributed by atoms with Gasteiger partial charge in [-0.2, -0.15) is 0 Å². The molecule has 0 atom stereocenters. The molecule has 1 fully saturated rings. The van der Waals surface area contributed by atoms with Gasteiger partial charge in [-0.1, -0.05) is 12.1 Å². The predicted octanol–water partition coefficient (Wildman–Crippen LogP) is 1.08. The lowest BCUT2D eigenvalue weighted by molar-refractivity contribution is 0.1000. The first-order valence-electron chi connectivity index (χ1n) is 7.70. The van der Waals surface area contributed by atoms with Crippen molar-refractivity contribution in [2.45, 2.75) is 6.54 Å². The highest BCUT2D eigenvalue weighted by atomic mass is 16.1. The molecule has 0 radical (unpaired) electrons. The van der Waals surface area contributed by atoms with Crippen LogP contribution >= 0.6 is 0 Å². The highest BCUT2D eigenvalue weighted by Gasteiger charge is 2.21. The summed E-state index contributed by atoms with van der Waals surface area (Å²) >= 11 is 0. The molecule has 2 heterocycles. The van der Waals surface area contributed by atoms with Gasteiger partial charge in [0.1, 0.15) is 5.82 Å². The molecule has 0 bridgehead atoms. The maximum Gasteiger partial charge on any atom is 0.252 e. The van der Waals surface area contributed by atoms with E-state index in [2.05, 4.69) is 20.9 Å². The first-order chi connectivity index (χ1) is 11.1. The zero-order chi connectivity index (χ0) is 16.2. The van der Waals surface area contributed by atoms with E-state index in [1.54, 1.807) is 18.3 Å². The minimum absolute atomic E-state index is 0.435. The van der Waals surface area contributed by atoms with Gasteiger partial charge in [-0.05, 0) is 29.8 Å². The van der Waals surface area contributed by atoms with E-state index in [0.29, 0.717) is 11.4 Å². The van der Waals surface area contributed by atoms with Crippen LogP contribution in [-0.2, 0) is 6.54 Å². The topological polar surface area (TPSA) is 88.5 Å². The predicted molar refractivity (Wildman–Crippen MR) is 91.1 cm³/mol. The molecule has 0 aliphatic carbocycles. The summed E-state index contributed by atoms with van der Waals surface area (Å²) < 4.78 is 0. The number of rotatable bonds is 4. The molecule has 6 heteroatoms. The summed E-state index contributed by atoms with van der Waals surface area (Å²) in [5.74, 6) is 0.249. The molecule has 0 unspecified atom stereocenters. The number of amides is 1. The molecule has 1 aromatic heterocycles. The molecule has 4 N–H and O–H groups in total. The van der Waals surface area contributed by atoms with Crippen LogP contribution in [0.5, 0.6) is 0 Å². The summed E-state index contributed by atoms with van der Waals surface area (Å²) in [6, 6.07) is 11.4. The quantitative estimate of drug-likeness (QED) is 0.825. The number of hydrogen-bond acceptors (Lipinski definition) is 5. The third-order valence-electron chi connectivity index (χ3n) is 4.08. The van der Waals surface area contributed by atoms with E-state index in [0.717, 1.165) is 38.4 Å². The number of carbonyl (C=O) groups is 1. The fourth-order valence-corrected chi connectivity index (χ4v) is 2.91. The molecule has 1 aliphatic rings. The number of nitrogens with zero attached hydrogens (tertiary/aromatic N) is 3. The smallest absolute Gasteiger partial charge is 0.252 e. The van der Waals surface area contributed by atoms with Gasteiger partial charge in [0.2, 0.25) is 0 Å². The zero-order valence-electron chi connectivity index (χ0n) is 13.0. The molecular weight excluding hydrogens is 290 g/mol. The first kappa shape index (κ1) is 15.3. The van der Waals surface area contributed by atoms with E-state index >= 15 is 0 Å². The Bertz CT molecular complexity index is 695. The Morgan fingerprint density at radius 1 is 1.13 bits per heavy atom. The minimum Gasteiger partial charge on any atom is -0.399 e. The third kappa shape index (κ3) is 3.60. The summed E-state index contributed by atoms with van der Waals surface area (Å²) in [4.78, 5) is 20.4. The van der Waals surface area contributed by atoms with Crippen LogP contribution in [0.2, 0.25) is 0 Å². The molecule has 1 aliphatic heterocycles. The van der Waals surface area contributed by atoms with Crippen LogP contribution < -0.4 is 16.4 Å². The minimum atomic E-state index is -0.435. The Kier molecular flexibility index (Phi) is 4.43. The van der Waals surface area contributed by atoms with E-state index in [4.69, 9.17) is 11.5 Å². The zero-order valence-corrected chi connectivity index (χ0v) is 13.0. The second kappa shape index (κ2) is 6.66. The van der Waals surface area contributed by atoms with E-state index in [1.807, 2.05) is 18.2 Å². The van der Waals surface area contributed by atoms with Crippen molar-refractivity contribution in [3.63, 3.8) is 0 Å². The number of hydrogen-bond donors (Lipinski definition) is 2. The Morgan fingerprint density at radius 2 is 1.91 bits per heavy atom. The monoisotopic (exact) mass is 311 g/mol. The lowest BCUT2D eigenvalue weighted by Crippen LogP contribution is -2.46. The van der Waals surface area contributed by atoms with Crippen molar-refractivity contribution in [2.24, 2.45) is 5.73 Å². The van der Waals surface area contributed by atoms with Crippen molar-refractivity contribution >= 4 is 17.4 Å². The Balaban J connectivity index is 1.64. The highest BCUT2D eigenvalue weighted by molar-refractivity contribution is 5.97. The van der Waals surface area contributed by atoms with Crippen LogP contribution in [0.15, 0.2) is 42.6 Å². The molecule has 1 amide bonds. The van der Waals surface area contributed by atoms with Crippen LogP contribution in [0.25, 0.3) is 0 Å². The molecule has 0 spiro atoms. The van der Waals surface area contributed by atoms with Crippen molar-refractivity contribution in [1.82, 2.24) is 9.88 Å². The Hall–Kier alpha value is -2.60. The molecule has 1 saturated heterocycles. The lowest BCUT2D eigenvalue weighted by atomic mass is 10.1. The SMILES string of the molecule is NC(=O)c1cccnc1N1CCN(Cc2cccc(N)c2)CC1. The summed E-state index contributed by atoms with van der Waals surface area (Å²) in [7, 11) is 0. The maximum atomic E-state index is 11.5. The molecule has 23 heavy (non-hydrogen) atoms. The van der Waals surface area contributed by atoms with Gasteiger partial charge < -0.3 is 16.4 Å². The number of anilines is 2. The Labute approximate surface area is 135 Å². The van der Waals surface area contributed by atoms with E-state index in [1.165, 1.54) is 5.56 Å². The van der Waals surface area contributed by atoms with Crippen LogP contribution in [0.1, 0.15) is 15.9 Å². The van der Waals surface area contributed by atoms with Gasteiger partial charge in [0.25, 0.3) is 5.91 Å². The van der Waals surface area contributed by atoms with Crippen molar-refractivity contribution in [3.05, 3.63) is 53.7 Å². The molecule has 120 valence electrons. The van der Waals surface area contributed by atoms with Crippen LogP contribution in [0.3, 0.4) is 0 Å². The number of carbonyl (C=O) groups excluding carboxylic acids is 1. The lowest BCUT2D eigenvalue weighted by Gasteiger charge is -2.36.